The third kappa shape index (κ3) is 7.09. The molecule has 0 aromatic heterocycles. The molecule has 2 atom stereocenters. The molecule has 2 unspecified atom stereocenters. The number of carbonyl (C=O) groups is 1. The van der Waals surface area contributed by atoms with Crippen LogP contribution < -0.4 is 18.1 Å². The average molecular weight is 572 g/mol. The highest BCUT2D eigenvalue weighted by molar-refractivity contribution is 7.99. The average Bonchev–Trinajstić information content (AvgIpc) is 2.94. The number of methoxy groups -OCH3 is 2. The van der Waals surface area contributed by atoms with E-state index in [1.165, 1.54) is 5.56 Å². The van der Waals surface area contributed by atoms with Gasteiger partial charge in [-0.05, 0) is 75.2 Å². The number of hydrogen-bond acceptors (Lipinski definition) is 6. The molecule has 4 rings (SSSR count). The van der Waals surface area contributed by atoms with Crippen molar-refractivity contribution in [1.82, 2.24) is 8.79 Å². The van der Waals surface area contributed by atoms with E-state index in [1.807, 2.05) is 62.5 Å². The molecule has 39 heavy (non-hydrogen) atoms. The maximum Gasteiger partial charge on any atom is 0.337 e. The van der Waals surface area contributed by atoms with E-state index >= 15 is 0 Å². The van der Waals surface area contributed by atoms with Crippen molar-refractivity contribution < 1.29 is 19.0 Å². The second-order valence-electron chi connectivity index (χ2n) is 9.88. The maximum absolute atomic E-state index is 13.5. The molecule has 0 bridgehead atoms. The summed E-state index contributed by atoms with van der Waals surface area (Å²) in [6.45, 7) is 4.58. The van der Waals surface area contributed by atoms with Gasteiger partial charge in [0.15, 0.2) is 22.9 Å². The summed E-state index contributed by atoms with van der Waals surface area (Å²) in [7, 11) is 7.45. The second-order valence-corrected chi connectivity index (χ2v) is 11.2. The van der Waals surface area contributed by atoms with Gasteiger partial charge in [0.05, 0.1) is 38.7 Å². The molecule has 0 aliphatic carbocycles. The normalized spacial score (nSPS) is 18.3. The van der Waals surface area contributed by atoms with Crippen molar-refractivity contribution in [2.24, 2.45) is 0 Å². The smallest absolute Gasteiger partial charge is 0.337 e. The fraction of sp³-hybridized carbons (Fsp3) is 0.387. The number of amides is 1. The highest BCUT2D eigenvalue weighted by Crippen LogP contribution is 2.49. The summed E-state index contributed by atoms with van der Waals surface area (Å²) in [6, 6.07) is 22.3. The molecule has 3 aromatic rings. The molecule has 8 heteroatoms. The first-order valence-corrected chi connectivity index (χ1v) is 14.0. The van der Waals surface area contributed by atoms with Gasteiger partial charge in [-0.2, -0.15) is 3.89 Å². The summed E-state index contributed by atoms with van der Waals surface area (Å²) in [6.07, 6.45) is 2.93. The summed E-state index contributed by atoms with van der Waals surface area (Å²) < 4.78 is 17.2. The molecule has 3 aromatic carbocycles. The molecular weight excluding hydrogens is 532 g/mol. The number of nitrogens with zero attached hydrogens (tertiary/aromatic N) is 2. The van der Waals surface area contributed by atoms with Crippen LogP contribution in [0.1, 0.15) is 36.8 Å². The van der Waals surface area contributed by atoms with Crippen molar-refractivity contribution in [2.45, 2.75) is 37.0 Å². The van der Waals surface area contributed by atoms with Crippen molar-refractivity contribution in [3.05, 3.63) is 77.9 Å². The predicted molar refractivity (Wildman–Crippen MR) is 163 cm³/mol. The van der Waals surface area contributed by atoms with Gasteiger partial charge >= 0.3 is 5.91 Å². The first-order chi connectivity index (χ1) is 18.4. The van der Waals surface area contributed by atoms with Gasteiger partial charge in [0.2, 0.25) is 0 Å². The van der Waals surface area contributed by atoms with Gasteiger partial charge in [0, 0.05) is 12.6 Å². The minimum atomic E-state index is -0.167. The molecule has 1 aliphatic heterocycles. The topological polar surface area (TPSA) is 48.0 Å². The lowest BCUT2D eigenvalue weighted by Gasteiger charge is -2.36. The Hall–Kier alpha value is -2.71. The van der Waals surface area contributed by atoms with Gasteiger partial charge < -0.3 is 19.1 Å². The highest BCUT2D eigenvalue weighted by Gasteiger charge is 2.47. The SMILES string of the molecule is COc1ccc(CCN(C)CCCCOc2ccccc2[N+]2(C)Sc3ccccc3C(C)C2=O)cc1OC.Cl. The number of rotatable bonds is 12. The van der Waals surface area contributed by atoms with Crippen LogP contribution in [0.2, 0.25) is 0 Å². The van der Waals surface area contributed by atoms with E-state index in [4.69, 9.17) is 14.2 Å². The van der Waals surface area contributed by atoms with Crippen molar-refractivity contribution in [3.8, 4) is 17.2 Å². The molecule has 0 saturated heterocycles. The van der Waals surface area contributed by atoms with Crippen LogP contribution in [0.25, 0.3) is 0 Å². The second kappa shape index (κ2) is 14.1. The van der Waals surface area contributed by atoms with Crippen molar-refractivity contribution >= 4 is 35.9 Å². The molecule has 1 heterocycles. The molecule has 0 spiro atoms. The molecule has 0 radical (unpaired) electrons. The van der Waals surface area contributed by atoms with Crippen molar-refractivity contribution in [3.63, 3.8) is 0 Å². The zero-order chi connectivity index (χ0) is 27.1. The fourth-order valence-corrected chi connectivity index (χ4v) is 6.28. The first kappa shape index (κ1) is 30.8. The van der Waals surface area contributed by atoms with E-state index < -0.39 is 0 Å². The molecule has 6 nitrogen and oxygen atoms in total. The molecule has 1 aliphatic rings. The Morgan fingerprint density at radius 3 is 2.38 bits per heavy atom. The van der Waals surface area contributed by atoms with Crippen LogP contribution in [0.15, 0.2) is 71.6 Å². The zero-order valence-corrected chi connectivity index (χ0v) is 25.1. The number of ether oxygens (including phenoxy) is 3. The minimum Gasteiger partial charge on any atom is -0.493 e. The van der Waals surface area contributed by atoms with Crippen LogP contribution in [0.3, 0.4) is 0 Å². The Labute approximate surface area is 243 Å². The van der Waals surface area contributed by atoms with E-state index in [2.05, 4.69) is 30.1 Å². The van der Waals surface area contributed by atoms with Gasteiger partial charge in [-0.25, -0.2) is 4.79 Å². The minimum absolute atomic E-state index is 0. The Balaban J connectivity index is 0.00000420. The molecule has 1 amide bonds. The Morgan fingerprint density at radius 1 is 0.897 bits per heavy atom. The number of likely N-dealkylation sites (N-methyl/N-ethyl adjacent to an activating group) is 2. The van der Waals surface area contributed by atoms with Crippen molar-refractivity contribution in [1.29, 1.82) is 0 Å². The van der Waals surface area contributed by atoms with E-state index in [0.717, 1.165) is 65.7 Å². The molecule has 0 N–H and O–H groups in total. The lowest BCUT2D eigenvalue weighted by molar-refractivity contribution is -0.126. The largest absolute Gasteiger partial charge is 0.493 e. The number of para-hydroxylation sites is 2. The molecular formula is C31H40ClN2O4S+. The Morgan fingerprint density at radius 2 is 1.62 bits per heavy atom. The fourth-order valence-electron chi connectivity index (χ4n) is 4.90. The van der Waals surface area contributed by atoms with E-state index in [-0.39, 0.29) is 28.1 Å². The maximum atomic E-state index is 13.5. The molecule has 0 fully saturated rings. The van der Waals surface area contributed by atoms with E-state index in [9.17, 15) is 4.79 Å². The third-order valence-electron chi connectivity index (χ3n) is 7.20. The van der Waals surface area contributed by atoms with E-state index in [1.54, 1.807) is 26.2 Å². The standard InChI is InChI=1S/C31H39N2O4S.ClH/c1-23-25-12-6-9-15-30(25)38-33(3,31(23)34)26-13-7-8-14-27(26)37-21-11-10-19-32(2)20-18-24-16-17-28(35-4)29(22-24)36-5;/h6-9,12-17,22-23H,10-11,18-21H2,1-5H3;1H/q+1;. The predicted octanol–water partition coefficient (Wildman–Crippen LogP) is 6.75. The molecule has 0 saturated carbocycles. The zero-order valence-electron chi connectivity index (χ0n) is 23.5. The first-order valence-electron chi connectivity index (χ1n) is 13.2. The van der Waals surface area contributed by atoms with Crippen LogP contribution in [-0.2, 0) is 11.2 Å². The quantitative estimate of drug-likeness (QED) is 0.136. The number of unbranched alkanes of at least 4 members (excludes halogenated alkanes) is 1. The van der Waals surface area contributed by atoms with E-state index in [0.29, 0.717) is 6.61 Å². The number of carbonyl (C=O) groups excluding carboxylic acids is 1. The highest BCUT2D eigenvalue weighted by atomic mass is 35.5. The van der Waals surface area contributed by atoms with Crippen LogP contribution in [0.4, 0.5) is 5.69 Å². The monoisotopic (exact) mass is 571 g/mol. The van der Waals surface area contributed by atoms with Gasteiger partial charge in [-0.3, -0.25) is 0 Å². The van der Waals surface area contributed by atoms with Crippen LogP contribution in [-0.4, -0.2) is 58.8 Å². The number of fused-ring (bicyclic) bond motifs is 1. The summed E-state index contributed by atoms with van der Waals surface area (Å²) in [5.41, 5.74) is 3.23. The van der Waals surface area contributed by atoms with Crippen LogP contribution >= 0.6 is 24.4 Å². The summed E-state index contributed by atoms with van der Waals surface area (Å²) in [5.74, 6) is 2.31. The Kier molecular flexibility index (Phi) is 11.1. The summed E-state index contributed by atoms with van der Waals surface area (Å²) in [4.78, 5) is 17.0. The van der Waals surface area contributed by atoms with Gasteiger partial charge in [0.1, 0.15) is 11.9 Å². The number of quaternary nitrogens is 1. The molecule has 210 valence electrons. The number of halogens is 1. The number of hydrogen-bond donors (Lipinski definition) is 0. The summed E-state index contributed by atoms with van der Waals surface area (Å²) in [5, 5.41) is 0. The third-order valence-corrected chi connectivity index (χ3v) is 8.51. The van der Waals surface area contributed by atoms with Crippen molar-refractivity contribution in [2.75, 3.05) is 48.0 Å². The lowest BCUT2D eigenvalue weighted by Crippen LogP contribution is -2.48. The van der Waals surface area contributed by atoms with Gasteiger partial charge in [-0.15, -0.1) is 12.4 Å². The van der Waals surface area contributed by atoms with Crippen LogP contribution in [0.5, 0.6) is 17.2 Å². The van der Waals surface area contributed by atoms with Gasteiger partial charge in [-0.1, -0.05) is 36.4 Å². The summed E-state index contributed by atoms with van der Waals surface area (Å²) >= 11 is 1.58. The number of benzene rings is 3. The van der Waals surface area contributed by atoms with Crippen LogP contribution in [0, 0.1) is 0 Å². The lowest BCUT2D eigenvalue weighted by atomic mass is 9.99. The Bertz CT molecular complexity index is 1260. The van der Waals surface area contributed by atoms with Gasteiger partial charge in [0.25, 0.3) is 0 Å².